The van der Waals surface area contributed by atoms with Crippen molar-refractivity contribution in [2.24, 2.45) is 0 Å². The summed E-state index contributed by atoms with van der Waals surface area (Å²) in [5.74, 6) is 0. The fraction of sp³-hybridized carbons (Fsp3) is 0.571. The van der Waals surface area contributed by atoms with Crippen molar-refractivity contribution in [3.05, 3.63) is 35.9 Å². The molecule has 1 heteroatoms. The summed E-state index contributed by atoms with van der Waals surface area (Å²) < 4.78 is 5.99. The summed E-state index contributed by atoms with van der Waals surface area (Å²) in [6, 6.07) is 11.1. The molecule has 0 N–H and O–H groups in total. The van der Waals surface area contributed by atoms with E-state index in [1.807, 2.05) is 12.1 Å². The molecule has 1 aromatic carbocycles. The fourth-order valence-corrected chi connectivity index (χ4v) is 1.57. The Morgan fingerprint density at radius 1 is 1.27 bits per heavy atom. The van der Waals surface area contributed by atoms with Gasteiger partial charge < -0.3 is 4.74 Å². The van der Waals surface area contributed by atoms with Gasteiger partial charge in [-0.05, 0) is 31.4 Å². The minimum absolute atomic E-state index is 0.135. The summed E-state index contributed by atoms with van der Waals surface area (Å²) >= 11 is 0. The number of unbranched alkanes of at least 4 members (excludes halogenated alkanes) is 1. The lowest BCUT2D eigenvalue weighted by atomic mass is 9.93. The lowest BCUT2D eigenvalue weighted by Crippen LogP contribution is -2.25. The molecule has 1 aromatic rings. The Bertz CT molecular complexity index is 268. The van der Waals surface area contributed by atoms with Gasteiger partial charge in [0.15, 0.2) is 0 Å². The number of hydrogen-bond donors (Lipinski definition) is 0. The highest BCUT2D eigenvalue weighted by molar-refractivity contribution is 5.20. The zero-order valence-corrected chi connectivity index (χ0v) is 10.0. The van der Waals surface area contributed by atoms with Gasteiger partial charge in [0, 0.05) is 6.61 Å². The maximum Gasteiger partial charge on any atom is 0.0900 e. The average Bonchev–Trinajstić information content (AvgIpc) is 2.30. The Labute approximate surface area is 93.5 Å². The Kier molecular flexibility index (Phi) is 4.83. The SMILES string of the molecule is CCCCOC(C)(CC)c1cc[c]cc1. The molecule has 0 spiro atoms. The Hall–Kier alpha value is -0.820. The van der Waals surface area contributed by atoms with Crippen molar-refractivity contribution in [3.8, 4) is 0 Å². The third-order valence-electron chi connectivity index (χ3n) is 2.92. The largest absolute Gasteiger partial charge is 0.371 e. The number of benzene rings is 1. The maximum absolute atomic E-state index is 5.99. The molecule has 1 unspecified atom stereocenters. The van der Waals surface area contributed by atoms with Crippen molar-refractivity contribution >= 4 is 0 Å². The standard InChI is InChI=1S/C14H21O/c1-4-6-12-15-14(3,5-2)13-10-8-7-9-11-13/h8-11H,4-6,12H2,1-3H3. The highest BCUT2D eigenvalue weighted by atomic mass is 16.5. The second kappa shape index (κ2) is 5.92. The Morgan fingerprint density at radius 2 is 1.93 bits per heavy atom. The summed E-state index contributed by atoms with van der Waals surface area (Å²) in [7, 11) is 0. The molecule has 0 aliphatic carbocycles. The summed E-state index contributed by atoms with van der Waals surface area (Å²) in [6.07, 6.45) is 3.32. The van der Waals surface area contributed by atoms with Crippen LogP contribution in [-0.4, -0.2) is 6.61 Å². The zero-order valence-electron chi connectivity index (χ0n) is 10.0. The first-order valence-electron chi connectivity index (χ1n) is 5.83. The van der Waals surface area contributed by atoms with Crippen LogP contribution in [-0.2, 0) is 10.3 Å². The van der Waals surface area contributed by atoms with Crippen LogP contribution in [0, 0.1) is 6.07 Å². The van der Waals surface area contributed by atoms with E-state index in [0.717, 1.165) is 19.4 Å². The predicted octanol–water partition coefficient (Wildman–Crippen LogP) is 3.93. The van der Waals surface area contributed by atoms with E-state index in [1.54, 1.807) is 0 Å². The van der Waals surface area contributed by atoms with Crippen LogP contribution in [0.15, 0.2) is 24.3 Å². The molecule has 0 fully saturated rings. The quantitative estimate of drug-likeness (QED) is 0.639. The molecule has 0 bridgehead atoms. The molecule has 0 aromatic heterocycles. The molecule has 0 saturated carbocycles. The predicted molar refractivity (Wildman–Crippen MR) is 63.8 cm³/mol. The summed E-state index contributed by atoms with van der Waals surface area (Å²) in [5.41, 5.74) is 1.12. The van der Waals surface area contributed by atoms with Crippen LogP contribution in [0.5, 0.6) is 0 Å². The van der Waals surface area contributed by atoms with Crippen molar-refractivity contribution in [2.45, 2.75) is 45.6 Å². The van der Waals surface area contributed by atoms with Gasteiger partial charge in [0.25, 0.3) is 0 Å². The monoisotopic (exact) mass is 205 g/mol. The second-order valence-corrected chi connectivity index (χ2v) is 4.08. The van der Waals surface area contributed by atoms with Gasteiger partial charge in [-0.1, -0.05) is 44.5 Å². The first-order chi connectivity index (χ1) is 7.23. The van der Waals surface area contributed by atoms with Crippen LogP contribution >= 0.6 is 0 Å². The molecule has 15 heavy (non-hydrogen) atoms. The minimum atomic E-state index is -0.135. The maximum atomic E-state index is 5.99. The highest BCUT2D eigenvalue weighted by Gasteiger charge is 2.24. The van der Waals surface area contributed by atoms with Gasteiger partial charge in [0.1, 0.15) is 0 Å². The van der Waals surface area contributed by atoms with Crippen LogP contribution in [0.2, 0.25) is 0 Å². The molecule has 1 radical (unpaired) electrons. The summed E-state index contributed by atoms with van der Waals surface area (Å²) in [5, 5.41) is 0. The van der Waals surface area contributed by atoms with E-state index in [2.05, 4.69) is 39.0 Å². The first-order valence-corrected chi connectivity index (χ1v) is 5.83. The molecule has 83 valence electrons. The molecule has 1 nitrogen and oxygen atoms in total. The van der Waals surface area contributed by atoms with Crippen molar-refractivity contribution in [1.82, 2.24) is 0 Å². The molecule has 0 aliphatic rings. The van der Waals surface area contributed by atoms with E-state index >= 15 is 0 Å². The van der Waals surface area contributed by atoms with Crippen LogP contribution in [0.1, 0.15) is 45.6 Å². The van der Waals surface area contributed by atoms with Gasteiger partial charge in [-0.15, -0.1) is 0 Å². The smallest absolute Gasteiger partial charge is 0.0900 e. The van der Waals surface area contributed by atoms with Crippen LogP contribution < -0.4 is 0 Å². The van der Waals surface area contributed by atoms with Crippen molar-refractivity contribution < 1.29 is 4.74 Å². The van der Waals surface area contributed by atoms with Gasteiger partial charge in [0.2, 0.25) is 0 Å². The van der Waals surface area contributed by atoms with Crippen molar-refractivity contribution in [1.29, 1.82) is 0 Å². The molecule has 1 atom stereocenters. The molecule has 0 saturated heterocycles. The topological polar surface area (TPSA) is 9.23 Å². The van der Waals surface area contributed by atoms with Crippen molar-refractivity contribution in [3.63, 3.8) is 0 Å². The van der Waals surface area contributed by atoms with Crippen LogP contribution in [0.3, 0.4) is 0 Å². The third-order valence-corrected chi connectivity index (χ3v) is 2.92. The molecule has 0 aliphatic heterocycles. The van der Waals surface area contributed by atoms with Gasteiger partial charge in [-0.3, -0.25) is 0 Å². The van der Waals surface area contributed by atoms with Gasteiger partial charge in [-0.25, -0.2) is 0 Å². The summed E-state index contributed by atoms with van der Waals surface area (Å²) in [4.78, 5) is 0. The first kappa shape index (κ1) is 12.3. The van der Waals surface area contributed by atoms with E-state index in [4.69, 9.17) is 4.74 Å². The number of hydrogen-bond acceptors (Lipinski definition) is 1. The van der Waals surface area contributed by atoms with E-state index in [1.165, 1.54) is 12.0 Å². The number of ether oxygens (including phenoxy) is 1. The van der Waals surface area contributed by atoms with E-state index in [9.17, 15) is 0 Å². The van der Waals surface area contributed by atoms with Gasteiger partial charge >= 0.3 is 0 Å². The van der Waals surface area contributed by atoms with Gasteiger partial charge in [0.05, 0.1) is 5.60 Å². The van der Waals surface area contributed by atoms with Crippen LogP contribution in [0.4, 0.5) is 0 Å². The molecular formula is C14H21O. The van der Waals surface area contributed by atoms with E-state index < -0.39 is 0 Å². The number of rotatable bonds is 6. The second-order valence-electron chi connectivity index (χ2n) is 4.08. The lowest BCUT2D eigenvalue weighted by molar-refractivity contribution is -0.0404. The normalized spacial score (nSPS) is 14.9. The van der Waals surface area contributed by atoms with E-state index in [0.29, 0.717) is 0 Å². The zero-order chi connectivity index (χ0) is 11.1. The summed E-state index contributed by atoms with van der Waals surface area (Å²) in [6.45, 7) is 7.37. The third kappa shape index (κ3) is 3.35. The lowest BCUT2D eigenvalue weighted by Gasteiger charge is -2.29. The Balaban J connectivity index is 2.67. The minimum Gasteiger partial charge on any atom is -0.371 e. The fourth-order valence-electron chi connectivity index (χ4n) is 1.57. The van der Waals surface area contributed by atoms with Gasteiger partial charge in [-0.2, -0.15) is 0 Å². The van der Waals surface area contributed by atoms with E-state index in [-0.39, 0.29) is 5.60 Å². The molecule has 0 amide bonds. The molecular weight excluding hydrogens is 184 g/mol. The van der Waals surface area contributed by atoms with Crippen molar-refractivity contribution in [2.75, 3.05) is 6.61 Å². The molecule has 1 rings (SSSR count). The highest BCUT2D eigenvalue weighted by Crippen LogP contribution is 2.28. The Morgan fingerprint density at radius 3 is 2.47 bits per heavy atom. The van der Waals surface area contributed by atoms with Crippen LogP contribution in [0.25, 0.3) is 0 Å². The average molecular weight is 205 g/mol. The molecule has 0 heterocycles.